The lowest BCUT2D eigenvalue weighted by atomic mass is 9.99. The van der Waals surface area contributed by atoms with Gasteiger partial charge in [-0.1, -0.05) is 19.1 Å². The van der Waals surface area contributed by atoms with Gasteiger partial charge in [-0.3, -0.25) is 9.79 Å². The molecule has 10 heteroatoms. The molecular weight excluding hydrogens is 396 g/mol. The van der Waals surface area contributed by atoms with Crippen LogP contribution in [0.2, 0.25) is 0 Å². The molecule has 162 valence electrons. The summed E-state index contributed by atoms with van der Waals surface area (Å²) in [5, 5.41) is 3.25. The number of benzene rings is 1. The molecular formula is C19H30N4O5S. The Labute approximate surface area is 172 Å². The molecule has 1 aliphatic heterocycles. The molecule has 2 rings (SSSR count). The Balaban J connectivity index is 2.01. The molecule has 0 spiro atoms. The third kappa shape index (κ3) is 6.15. The van der Waals surface area contributed by atoms with Gasteiger partial charge in [-0.05, 0) is 23.6 Å². The first-order chi connectivity index (χ1) is 13.8. The molecule has 0 bridgehead atoms. The normalized spacial score (nSPS) is 20.0. The molecule has 1 heterocycles. The van der Waals surface area contributed by atoms with Crippen molar-refractivity contribution < 1.29 is 22.7 Å². The maximum atomic E-state index is 12.4. The second-order valence-corrected chi connectivity index (χ2v) is 8.72. The number of sulfonamides is 1. The number of hydrogen-bond acceptors (Lipinski definition) is 6. The Kier molecular flexibility index (Phi) is 8.42. The predicted octanol–water partition coefficient (Wildman–Crippen LogP) is 0.428. The highest BCUT2D eigenvalue weighted by Gasteiger charge is 2.36. The van der Waals surface area contributed by atoms with E-state index in [2.05, 4.69) is 15.0 Å². The van der Waals surface area contributed by atoms with E-state index >= 15 is 0 Å². The van der Waals surface area contributed by atoms with E-state index in [1.54, 1.807) is 25.2 Å². The summed E-state index contributed by atoms with van der Waals surface area (Å²) in [4.78, 5) is 18.4. The van der Waals surface area contributed by atoms with Crippen LogP contribution in [-0.2, 0) is 30.8 Å². The minimum atomic E-state index is -3.59. The van der Waals surface area contributed by atoms with Crippen molar-refractivity contribution in [3.63, 3.8) is 0 Å². The van der Waals surface area contributed by atoms with Gasteiger partial charge in [0.05, 0.1) is 24.5 Å². The van der Waals surface area contributed by atoms with Crippen molar-refractivity contribution in [2.45, 2.75) is 18.4 Å². The highest BCUT2D eigenvalue weighted by molar-refractivity contribution is 7.89. The van der Waals surface area contributed by atoms with E-state index in [4.69, 9.17) is 9.47 Å². The van der Waals surface area contributed by atoms with Gasteiger partial charge < -0.3 is 19.7 Å². The second-order valence-electron chi connectivity index (χ2n) is 6.95. The number of guanidine groups is 1. The van der Waals surface area contributed by atoms with Crippen molar-refractivity contribution in [1.29, 1.82) is 0 Å². The summed E-state index contributed by atoms with van der Waals surface area (Å²) in [6, 6.07) is 6.73. The molecule has 29 heavy (non-hydrogen) atoms. The molecule has 0 saturated carbocycles. The van der Waals surface area contributed by atoms with Crippen molar-refractivity contribution in [1.82, 2.24) is 14.9 Å². The molecule has 0 radical (unpaired) electrons. The minimum Gasteiger partial charge on any atom is -0.469 e. The summed E-state index contributed by atoms with van der Waals surface area (Å²) in [7, 11) is 1.00. The number of likely N-dealkylation sites (tertiary alicyclic amines) is 1. The predicted molar refractivity (Wildman–Crippen MR) is 110 cm³/mol. The molecule has 2 unspecified atom stereocenters. The van der Waals surface area contributed by atoms with Gasteiger partial charge in [-0.15, -0.1) is 0 Å². The third-order valence-electron chi connectivity index (χ3n) is 4.89. The minimum absolute atomic E-state index is 0.160. The first-order valence-electron chi connectivity index (χ1n) is 9.43. The van der Waals surface area contributed by atoms with Crippen LogP contribution < -0.4 is 10.0 Å². The van der Waals surface area contributed by atoms with Crippen molar-refractivity contribution in [2.24, 2.45) is 16.8 Å². The Hall–Kier alpha value is -2.17. The first kappa shape index (κ1) is 23.1. The number of carbonyl (C=O) groups excluding carboxylic acids is 1. The number of hydrogen-bond donors (Lipinski definition) is 2. The number of nitrogens with one attached hydrogen (secondary N) is 2. The third-order valence-corrected chi connectivity index (χ3v) is 6.34. The highest BCUT2D eigenvalue weighted by atomic mass is 32.2. The van der Waals surface area contributed by atoms with Gasteiger partial charge in [0.1, 0.15) is 0 Å². The fourth-order valence-electron chi connectivity index (χ4n) is 3.30. The van der Waals surface area contributed by atoms with Crippen molar-refractivity contribution in [3.8, 4) is 0 Å². The van der Waals surface area contributed by atoms with E-state index in [-0.39, 0.29) is 29.2 Å². The molecule has 2 atom stereocenters. The molecule has 0 aromatic heterocycles. The molecule has 0 aliphatic carbocycles. The quantitative estimate of drug-likeness (QED) is 0.268. The lowest BCUT2D eigenvalue weighted by molar-refractivity contribution is -0.145. The Morgan fingerprint density at radius 1 is 1.31 bits per heavy atom. The summed E-state index contributed by atoms with van der Waals surface area (Å²) in [5.41, 5.74) is 0.803. The van der Waals surface area contributed by atoms with E-state index in [9.17, 15) is 13.2 Å². The number of ether oxygens (including phenoxy) is 2. The van der Waals surface area contributed by atoms with E-state index in [1.807, 2.05) is 17.9 Å². The number of aliphatic imine (C=N–C) groups is 1. The van der Waals surface area contributed by atoms with Crippen molar-refractivity contribution >= 4 is 22.0 Å². The van der Waals surface area contributed by atoms with Crippen LogP contribution in [0.25, 0.3) is 0 Å². The molecule has 1 aromatic rings. The van der Waals surface area contributed by atoms with E-state index in [0.717, 1.165) is 5.56 Å². The average Bonchev–Trinajstić information content (AvgIpc) is 3.09. The largest absolute Gasteiger partial charge is 0.469 e. The summed E-state index contributed by atoms with van der Waals surface area (Å²) >= 11 is 0. The van der Waals surface area contributed by atoms with Crippen LogP contribution in [0.3, 0.4) is 0 Å². The maximum Gasteiger partial charge on any atom is 0.310 e. The Morgan fingerprint density at radius 2 is 2.07 bits per heavy atom. The number of nitrogens with zero attached hydrogens (tertiary/aromatic N) is 2. The van der Waals surface area contributed by atoms with E-state index in [0.29, 0.717) is 32.2 Å². The van der Waals surface area contributed by atoms with E-state index < -0.39 is 10.0 Å². The summed E-state index contributed by atoms with van der Waals surface area (Å²) in [6.07, 6.45) is 0. The van der Waals surface area contributed by atoms with Crippen LogP contribution >= 0.6 is 0 Å². The van der Waals surface area contributed by atoms with Crippen LogP contribution in [-0.4, -0.2) is 72.8 Å². The maximum absolute atomic E-state index is 12.4. The fraction of sp³-hybridized carbons (Fsp3) is 0.579. The standard InChI is InChI=1S/C19H30N4O5S/c1-14-12-23(13-17(14)18(24)28-4)19(20-2)21-11-15-6-5-7-16(10-15)29(25,26)22-8-9-27-3/h5-7,10,14,17,22H,8-9,11-13H2,1-4H3,(H,20,21). The molecule has 1 fully saturated rings. The van der Waals surface area contributed by atoms with Crippen LogP contribution in [0.1, 0.15) is 12.5 Å². The molecule has 1 aliphatic rings. The van der Waals surface area contributed by atoms with Gasteiger partial charge in [0.2, 0.25) is 10.0 Å². The average molecular weight is 427 g/mol. The van der Waals surface area contributed by atoms with Gasteiger partial charge in [0, 0.05) is 40.3 Å². The molecule has 1 aromatic carbocycles. The van der Waals surface area contributed by atoms with Gasteiger partial charge in [0.15, 0.2) is 5.96 Å². The van der Waals surface area contributed by atoms with Gasteiger partial charge in [-0.2, -0.15) is 0 Å². The van der Waals surface area contributed by atoms with Crippen LogP contribution in [0.5, 0.6) is 0 Å². The fourth-order valence-corrected chi connectivity index (χ4v) is 4.38. The zero-order valence-corrected chi connectivity index (χ0v) is 18.2. The van der Waals surface area contributed by atoms with Crippen molar-refractivity contribution in [2.75, 3.05) is 47.5 Å². The molecule has 9 nitrogen and oxygen atoms in total. The van der Waals surface area contributed by atoms with Gasteiger partial charge >= 0.3 is 5.97 Å². The van der Waals surface area contributed by atoms with Gasteiger partial charge in [0.25, 0.3) is 0 Å². The SMILES string of the molecule is CN=C(NCc1cccc(S(=O)(=O)NCCOC)c1)N1CC(C)C(C(=O)OC)C1. The van der Waals surface area contributed by atoms with Crippen LogP contribution in [0.15, 0.2) is 34.2 Å². The number of methoxy groups -OCH3 is 2. The molecule has 2 N–H and O–H groups in total. The summed E-state index contributed by atoms with van der Waals surface area (Å²) < 4.78 is 37.0. The number of esters is 1. The van der Waals surface area contributed by atoms with Crippen molar-refractivity contribution in [3.05, 3.63) is 29.8 Å². The second kappa shape index (κ2) is 10.6. The first-order valence-corrected chi connectivity index (χ1v) is 10.9. The monoisotopic (exact) mass is 426 g/mol. The Morgan fingerprint density at radius 3 is 2.72 bits per heavy atom. The number of rotatable bonds is 8. The lowest BCUT2D eigenvalue weighted by Crippen LogP contribution is -2.40. The smallest absolute Gasteiger partial charge is 0.310 e. The highest BCUT2D eigenvalue weighted by Crippen LogP contribution is 2.24. The van der Waals surface area contributed by atoms with Crippen LogP contribution in [0, 0.1) is 11.8 Å². The summed E-state index contributed by atoms with van der Waals surface area (Å²) in [6.45, 7) is 4.16. The lowest BCUT2D eigenvalue weighted by Gasteiger charge is -2.21. The van der Waals surface area contributed by atoms with E-state index in [1.165, 1.54) is 14.2 Å². The topological polar surface area (TPSA) is 109 Å². The zero-order valence-electron chi connectivity index (χ0n) is 17.3. The number of carbonyl (C=O) groups is 1. The molecule has 1 saturated heterocycles. The van der Waals surface area contributed by atoms with Gasteiger partial charge in [-0.25, -0.2) is 13.1 Å². The zero-order chi connectivity index (χ0) is 21.4. The van der Waals surface area contributed by atoms with Crippen LogP contribution in [0.4, 0.5) is 0 Å². The molecule has 0 amide bonds. The summed E-state index contributed by atoms with van der Waals surface area (Å²) in [5.74, 6) is 0.418. The Bertz CT molecular complexity index is 828.